The minimum atomic E-state index is -0.881. The number of hydrogen-bond acceptors (Lipinski definition) is 1. The van der Waals surface area contributed by atoms with Gasteiger partial charge in [0.2, 0.25) is 5.52 Å². The third-order valence-electron chi connectivity index (χ3n) is 2.46. The number of hydrogen-bond donors (Lipinski definition) is 1. The van der Waals surface area contributed by atoms with Crippen molar-refractivity contribution < 1.29 is 14.9 Å². The van der Waals surface area contributed by atoms with E-state index >= 15 is 0 Å². The molecule has 76 valence electrons. The first-order valence-electron chi connectivity index (χ1n) is 4.89. The standard InChI is InChI=1S/C12H11NO2/c1-2-10-9(12(14)15)7-8-5-3-4-6-11(8)13-10/h3-7H,2H2,1H3,(H,14,15)/p+1. The monoisotopic (exact) mass is 202 g/mol. The molecule has 2 rings (SSSR count). The lowest BCUT2D eigenvalue weighted by Crippen LogP contribution is -2.17. The minimum Gasteiger partial charge on any atom is -0.477 e. The summed E-state index contributed by atoms with van der Waals surface area (Å²) >= 11 is 0. The van der Waals surface area contributed by atoms with Crippen LogP contribution in [0.15, 0.2) is 30.3 Å². The molecule has 0 atom stereocenters. The van der Waals surface area contributed by atoms with Crippen molar-refractivity contribution >= 4 is 16.9 Å². The molecule has 1 heterocycles. The molecule has 0 saturated heterocycles. The van der Waals surface area contributed by atoms with Crippen LogP contribution in [0.2, 0.25) is 0 Å². The predicted molar refractivity (Wildman–Crippen MR) is 56.8 cm³/mol. The number of aromatic carboxylic acids is 1. The minimum absolute atomic E-state index is 0.358. The number of fused-ring (bicyclic) bond motifs is 1. The van der Waals surface area contributed by atoms with E-state index in [2.05, 4.69) is 4.98 Å². The fourth-order valence-electron chi connectivity index (χ4n) is 1.68. The van der Waals surface area contributed by atoms with Gasteiger partial charge in [0.25, 0.3) is 0 Å². The highest BCUT2D eigenvalue weighted by atomic mass is 16.4. The number of carboxylic acid groups (broad SMARTS) is 1. The van der Waals surface area contributed by atoms with Crippen LogP contribution in [0, 0.1) is 0 Å². The maximum Gasteiger partial charge on any atom is 0.342 e. The van der Waals surface area contributed by atoms with Crippen LogP contribution in [0.5, 0.6) is 0 Å². The smallest absolute Gasteiger partial charge is 0.342 e. The number of nitrogens with one attached hydrogen (secondary N) is 1. The van der Waals surface area contributed by atoms with Crippen LogP contribution in [-0.4, -0.2) is 11.1 Å². The summed E-state index contributed by atoms with van der Waals surface area (Å²) < 4.78 is 0. The normalized spacial score (nSPS) is 10.5. The Labute approximate surface area is 87.4 Å². The Morgan fingerprint density at radius 3 is 2.80 bits per heavy atom. The van der Waals surface area contributed by atoms with Gasteiger partial charge < -0.3 is 5.11 Å². The molecule has 0 fully saturated rings. The molecule has 0 aliphatic rings. The van der Waals surface area contributed by atoms with Crippen LogP contribution >= 0.6 is 0 Å². The molecule has 3 heteroatoms. The molecule has 0 amide bonds. The lowest BCUT2D eigenvalue weighted by molar-refractivity contribution is -0.357. The molecule has 0 radical (unpaired) electrons. The van der Waals surface area contributed by atoms with Crippen LogP contribution in [0.4, 0.5) is 0 Å². The Morgan fingerprint density at radius 1 is 1.40 bits per heavy atom. The molecule has 15 heavy (non-hydrogen) atoms. The van der Waals surface area contributed by atoms with E-state index in [9.17, 15) is 4.79 Å². The molecular weight excluding hydrogens is 190 g/mol. The lowest BCUT2D eigenvalue weighted by atomic mass is 10.1. The van der Waals surface area contributed by atoms with Crippen molar-refractivity contribution in [1.82, 2.24) is 0 Å². The van der Waals surface area contributed by atoms with Crippen molar-refractivity contribution in [3.8, 4) is 0 Å². The number of carbonyl (C=O) groups is 1. The third-order valence-corrected chi connectivity index (χ3v) is 2.46. The Bertz CT molecular complexity index is 520. The average molecular weight is 202 g/mol. The molecule has 3 nitrogen and oxygen atoms in total. The van der Waals surface area contributed by atoms with Crippen molar-refractivity contribution in [2.24, 2.45) is 0 Å². The Balaban J connectivity index is 2.74. The molecule has 1 aromatic heterocycles. The van der Waals surface area contributed by atoms with Gasteiger partial charge in [0.05, 0.1) is 0 Å². The molecule has 2 N–H and O–H groups in total. The van der Waals surface area contributed by atoms with Gasteiger partial charge in [-0.3, -0.25) is 0 Å². The number of benzene rings is 1. The summed E-state index contributed by atoms with van der Waals surface area (Å²) in [7, 11) is 0. The van der Waals surface area contributed by atoms with Crippen molar-refractivity contribution in [2.45, 2.75) is 13.3 Å². The van der Waals surface area contributed by atoms with Gasteiger partial charge in [-0.15, -0.1) is 0 Å². The SMILES string of the molecule is CCc1[nH+]c2ccccc2cc1C(=O)O. The number of aromatic amines is 1. The second kappa shape index (κ2) is 3.69. The maximum absolute atomic E-state index is 11.0. The lowest BCUT2D eigenvalue weighted by Gasteiger charge is -1.99. The summed E-state index contributed by atoms with van der Waals surface area (Å²) in [5.74, 6) is -0.881. The molecule has 0 saturated carbocycles. The van der Waals surface area contributed by atoms with E-state index in [1.54, 1.807) is 6.07 Å². The number of para-hydroxylation sites is 1. The zero-order valence-corrected chi connectivity index (χ0v) is 8.45. The van der Waals surface area contributed by atoms with Crippen molar-refractivity contribution in [3.05, 3.63) is 41.6 Å². The topological polar surface area (TPSA) is 51.4 Å². The summed E-state index contributed by atoms with van der Waals surface area (Å²) in [6, 6.07) is 9.39. The van der Waals surface area contributed by atoms with Crippen LogP contribution in [-0.2, 0) is 6.42 Å². The van der Waals surface area contributed by atoms with Gasteiger partial charge in [-0.05, 0) is 12.1 Å². The van der Waals surface area contributed by atoms with E-state index in [-0.39, 0.29) is 0 Å². The first-order chi connectivity index (χ1) is 7.22. The number of aromatic nitrogens is 1. The number of rotatable bonds is 2. The molecule has 0 unspecified atom stereocenters. The zero-order valence-electron chi connectivity index (χ0n) is 8.45. The number of aryl methyl sites for hydroxylation is 1. The molecule has 1 aromatic carbocycles. The predicted octanol–water partition coefficient (Wildman–Crippen LogP) is 1.91. The zero-order chi connectivity index (χ0) is 10.8. The molecule has 0 aliphatic heterocycles. The molecule has 0 bridgehead atoms. The van der Waals surface area contributed by atoms with Gasteiger partial charge >= 0.3 is 5.97 Å². The highest BCUT2D eigenvalue weighted by Crippen LogP contribution is 2.13. The van der Waals surface area contributed by atoms with E-state index in [4.69, 9.17) is 5.11 Å². The molecule has 0 spiro atoms. The number of pyridine rings is 1. The fraction of sp³-hybridized carbons (Fsp3) is 0.167. The van der Waals surface area contributed by atoms with E-state index in [1.807, 2.05) is 31.2 Å². The first kappa shape index (κ1) is 9.65. The quantitative estimate of drug-likeness (QED) is 0.808. The van der Waals surface area contributed by atoms with Crippen LogP contribution in [0.1, 0.15) is 23.0 Å². The Kier molecular flexibility index (Phi) is 2.37. The summed E-state index contributed by atoms with van der Waals surface area (Å²) in [6.45, 7) is 1.94. The van der Waals surface area contributed by atoms with Crippen LogP contribution in [0.25, 0.3) is 10.9 Å². The van der Waals surface area contributed by atoms with E-state index in [1.165, 1.54) is 0 Å². The number of carboxylic acids is 1. The van der Waals surface area contributed by atoms with Gasteiger partial charge in [-0.2, -0.15) is 0 Å². The van der Waals surface area contributed by atoms with Crippen LogP contribution in [0.3, 0.4) is 0 Å². The van der Waals surface area contributed by atoms with Crippen molar-refractivity contribution in [3.63, 3.8) is 0 Å². The van der Waals surface area contributed by atoms with Crippen molar-refractivity contribution in [2.75, 3.05) is 0 Å². The first-order valence-corrected chi connectivity index (χ1v) is 4.89. The second-order valence-corrected chi connectivity index (χ2v) is 3.41. The van der Waals surface area contributed by atoms with Gasteiger partial charge in [0, 0.05) is 17.9 Å². The molecule has 2 aromatic rings. The highest BCUT2D eigenvalue weighted by molar-refractivity contribution is 5.92. The van der Waals surface area contributed by atoms with Crippen molar-refractivity contribution in [1.29, 1.82) is 0 Å². The average Bonchev–Trinajstić information content (AvgIpc) is 2.27. The number of H-pyrrole nitrogens is 1. The van der Waals surface area contributed by atoms with Crippen LogP contribution < -0.4 is 4.98 Å². The van der Waals surface area contributed by atoms with Gasteiger partial charge in [-0.25, -0.2) is 9.78 Å². The van der Waals surface area contributed by atoms with E-state index in [0.29, 0.717) is 12.0 Å². The fourth-order valence-corrected chi connectivity index (χ4v) is 1.68. The highest BCUT2D eigenvalue weighted by Gasteiger charge is 2.16. The van der Waals surface area contributed by atoms with Gasteiger partial charge in [0.15, 0.2) is 5.69 Å². The second-order valence-electron chi connectivity index (χ2n) is 3.41. The summed E-state index contributed by atoms with van der Waals surface area (Å²) in [5, 5.41) is 9.96. The Hall–Kier alpha value is -1.90. The summed E-state index contributed by atoms with van der Waals surface area (Å²) in [4.78, 5) is 14.1. The summed E-state index contributed by atoms with van der Waals surface area (Å²) in [6.07, 6.45) is 0.687. The third kappa shape index (κ3) is 1.68. The van der Waals surface area contributed by atoms with E-state index < -0.39 is 5.97 Å². The maximum atomic E-state index is 11.0. The van der Waals surface area contributed by atoms with Gasteiger partial charge in [-0.1, -0.05) is 19.1 Å². The molecular formula is C12H12NO2+. The molecule has 0 aliphatic carbocycles. The Morgan fingerprint density at radius 2 is 2.13 bits per heavy atom. The summed E-state index contributed by atoms with van der Waals surface area (Å²) in [5.41, 5.74) is 2.09. The largest absolute Gasteiger partial charge is 0.477 e. The van der Waals surface area contributed by atoms with Gasteiger partial charge in [0.1, 0.15) is 5.56 Å². The van der Waals surface area contributed by atoms with E-state index in [0.717, 1.165) is 16.6 Å².